The van der Waals surface area contributed by atoms with Crippen molar-refractivity contribution < 1.29 is 14.9 Å². The predicted octanol–water partition coefficient (Wildman–Crippen LogP) is 1.16. The van der Waals surface area contributed by atoms with E-state index < -0.39 is 14.2 Å². The van der Waals surface area contributed by atoms with Crippen LogP contribution < -0.4 is 0 Å². The molecule has 2 N–H and O–H groups in total. The van der Waals surface area contributed by atoms with Gasteiger partial charge in [0, 0.05) is 0 Å². The van der Waals surface area contributed by atoms with Gasteiger partial charge in [-0.3, -0.25) is 0 Å². The Hall–Kier alpha value is -0.343. The fourth-order valence-electron chi connectivity index (χ4n) is 1.66. The summed E-state index contributed by atoms with van der Waals surface area (Å²) in [6.07, 6.45) is 1.68. The number of hydrogen-bond acceptors (Lipinski definition) is 3. The highest BCUT2D eigenvalue weighted by atomic mass is 28.3. The zero-order chi connectivity index (χ0) is 12.2. The molecule has 0 bridgehead atoms. The summed E-state index contributed by atoms with van der Waals surface area (Å²) in [5.41, 5.74) is 3.29. The first-order valence-corrected chi connectivity index (χ1v) is 9.39. The minimum absolute atomic E-state index is 0.0633. The summed E-state index contributed by atoms with van der Waals surface area (Å²) < 4.78 is 5.67. The minimum atomic E-state index is -1.35. The van der Waals surface area contributed by atoms with Gasteiger partial charge in [0.15, 0.2) is 0 Å². The summed E-state index contributed by atoms with van der Waals surface area (Å²) >= 11 is 0. The lowest BCUT2D eigenvalue weighted by Crippen LogP contribution is -2.38. The second-order valence-electron chi connectivity index (χ2n) is 5.36. The molecule has 1 heterocycles. The molecule has 0 radical (unpaired) electrons. The third kappa shape index (κ3) is 4.66. The first-order chi connectivity index (χ1) is 7.42. The van der Waals surface area contributed by atoms with Crippen molar-refractivity contribution in [1.29, 1.82) is 0 Å². The Morgan fingerprint density at radius 1 is 1.38 bits per heavy atom. The Balaban J connectivity index is 2.53. The Labute approximate surface area is 98.8 Å². The van der Waals surface area contributed by atoms with E-state index in [1.54, 1.807) is 0 Å². The van der Waals surface area contributed by atoms with Crippen LogP contribution in [0.2, 0.25) is 19.6 Å². The van der Waals surface area contributed by atoms with E-state index in [1.807, 2.05) is 0 Å². The molecule has 1 saturated heterocycles. The largest absolute Gasteiger partial charge is 0.394 e. The van der Waals surface area contributed by atoms with Gasteiger partial charge in [-0.15, -0.1) is 5.54 Å². The highest BCUT2D eigenvalue weighted by molar-refractivity contribution is 6.83. The normalized spacial score (nSPS) is 28.1. The summed E-state index contributed by atoms with van der Waals surface area (Å²) in [4.78, 5) is 0. The Morgan fingerprint density at radius 3 is 2.62 bits per heavy atom. The van der Waals surface area contributed by atoms with Crippen LogP contribution in [0, 0.1) is 11.5 Å². The molecule has 1 aliphatic rings. The highest BCUT2D eigenvalue weighted by Crippen LogP contribution is 2.21. The van der Waals surface area contributed by atoms with Crippen molar-refractivity contribution in [2.45, 2.75) is 57.2 Å². The van der Waals surface area contributed by atoms with Gasteiger partial charge in [0.25, 0.3) is 0 Å². The molecule has 1 aliphatic heterocycles. The molecule has 1 rings (SSSR count). The fraction of sp³-hybridized carbons (Fsp3) is 0.833. The van der Waals surface area contributed by atoms with Crippen molar-refractivity contribution in [3.05, 3.63) is 0 Å². The molecule has 3 nitrogen and oxygen atoms in total. The monoisotopic (exact) mass is 242 g/mol. The molecule has 0 aromatic carbocycles. The van der Waals surface area contributed by atoms with Crippen LogP contribution in [0.15, 0.2) is 0 Å². The number of aliphatic hydroxyl groups is 2. The molecule has 1 fully saturated rings. The molecule has 4 heteroatoms. The third-order valence-corrected chi connectivity index (χ3v) is 3.41. The minimum Gasteiger partial charge on any atom is -0.394 e. The van der Waals surface area contributed by atoms with E-state index in [-0.39, 0.29) is 18.8 Å². The Bertz CT molecular complexity index is 274. The van der Waals surface area contributed by atoms with Crippen LogP contribution in [0.4, 0.5) is 0 Å². The van der Waals surface area contributed by atoms with Gasteiger partial charge < -0.3 is 14.9 Å². The van der Waals surface area contributed by atoms with Crippen LogP contribution in [0.1, 0.15) is 19.3 Å². The van der Waals surface area contributed by atoms with Crippen LogP contribution in [0.25, 0.3) is 0 Å². The molecule has 0 spiro atoms. The van der Waals surface area contributed by atoms with Gasteiger partial charge in [-0.1, -0.05) is 25.6 Å². The number of hydrogen-bond donors (Lipinski definition) is 2. The number of rotatable bonds is 2. The van der Waals surface area contributed by atoms with E-state index in [0.29, 0.717) is 0 Å². The van der Waals surface area contributed by atoms with Crippen LogP contribution >= 0.6 is 0 Å². The van der Waals surface area contributed by atoms with Crippen molar-refractivity contribution in [2.75, 3.05) is 6.61 Å². The number of ether oxygens (including phenoxy) is 1. The SMILES string of the molecule is C[Si](C)(C)C#C[C@H]1CCC[C@@H]([C@@H](O)CO)O1. The Kier molecular flexibility index (Phi) is 5.00. The molecule has 3 atom stereocenters. The number of aliphatic hydroxyl groups excluding tert-OH is 2. The molecule has 92 valence electrons. The van der Waals surface area contributed by atoms with Crippen LogP contribution in [-0.4, -0.2) is 43.2 Å². The van der Waals surface area contributed by atoms with E-state index in [0.717, 1.165) is 19.3 Å². The molecule has 0 aromatic rings. The average molecular weight is 242 g/mol. The maximum atomic E-state index is 9.51. The van der Waals surface area contributed by atoms with E-state index in [2.05, 4.69) is 31.1 Å². The van der Waals surface area contributed by atoms with E-state index >= 15 is 0 Å². The van der Waals surface area contributed by atoms with Crippen LogP contribution in [-0.2, 0) is 4.74 Å². The van der Waals surface area contributed by atoms with Gasteiger partial charge in [-0.05, 0) is 19.3 Å². The van der Waals surface area contributed by atoms with Gasteiger partial charge in [0.1, 0.15) is 20.3 Å². The van der Waals surface area contributed by atoms with Crippen molar-refractivity contribution in [3.63, 3.8) is 0 Å². The quantitative estimate of drug-likeness (QED) is 0.564. The molecule has 0 amide bonds. The summed E-state index contributed by atoms with van der Waals surface area (Å²) in [5.74, 6) is 3.17. The molecular weight excluding hydrogens is 220 g/mol. The standard InChI is InChI=1S/C12H22O3Si/c1-16(2,3)8-7-10-5-4-6-12(15-10)11(14)9-13/h10-14H,4-6,9H2,1-3H3/t10-,11+,12+/m1/s1. The molecule has 0 aromatic heterocycles. The second-order valence-corrected chi connectivity index (χ2v) is 10.1. The first-order valence-electron chi connectivity index (χ1n) is 5.89. The summed E-state index contributed by atoms with van der Waals surface area (Å²) in [7, 11) is -1.35. The molecule has 0 saturated carbocycles. The molecule has 0 unspecified atom stereocenters. The zero-order valence-electron chi connectivity index (χ0n) is 10.4. The smallest absolute Gasteiger partial charge is 0.129 e. The first kappa shape index (κ1) is 13.7. The van der Waals surface area contributed by atoms with Gasteiger partial charge in [-0.25, -0.2) is 0 Å². The zero-order valence-corrected chi connectivity index (χ0v) is 11.4. The van der Waals surface area contributed by atoms with Crippen LogP contribution in [0.5, 0.6) is 0 Å². The van der Waals surface area contributed by atoms with Crippen LogP contribution in [0.3, 0.4) is 0 Å². The van der Waals surface area contributed by atoms with E-state index in [1.165, 1.54) is 0 Å². The summed E-state index contributed by atoms with van der Waals surface area (Å²) in [6.45, 7) is 6.35. The second kappa shape index (κ2) is 5.83. The van der Waals surface area contributed by atoms with Gasteiger partial charge in [-0.2, -0.15) is 0 Å². The average Bonchev–Trinajstić information content (AvgIpc) is 2.25. The van der Waals surface area contributed by atoms with Gasteiger partial charge in [0.05, 0.1) is 12.7 Å². The third-order valence-electron chi connectivity index (χ3n) is 2.52. The highest BCUT2D eigenvalue weighted by Gasteiger charge is 2.26. The predicted molar refractivity (Wildman–Crippen MR) is 66.7 cm³/mol. The summed E-state index contributed by atoms with van der Waals surface area (Å²) in [6, 6.07) is 0. The van der Waals surface area contributed by atoms with Crippen molar-refractivity contribution >= 4 is 8.07 Å². The van der Waals surface area contributed by atoms with E-state index in [9.17, 15) is 5.11 Å². The maximum Gasteiger partial charge on any atom is 0.129 e. The van der Waals surface area contributed by atoms with E-state index in [4.69, 9.17) is 9.84 Å². The molecule has 16 heavy (non-hydrogen) atoms. The topological polar surface area (TPSA) is 49.7 Å². The van der Waals surface area contributed by atoms with Gasteiger partial charge >= 0.3 is 0 Å². The lowest BCUT2D eigenvalue weighted by atomic mass is 10.0. The van der Waals surface area contributed by atoms with Crippen molar-refractivity contribution in [1.82, 2.24) is 0 Å². The Morgan fingerprint density at radius 2 is 2.06 bits per heavy atom. The lowest BCUT2D eigenvalue weighted by molar-refractivity contribution is -0.0986. The summed E-state index contributed by atoms with van der Waals surface area (Å²) in [5, 5.41) is 18.4. The fourth-order valence-corrected chi connectivity index (χ4v) is 2.25. The van der Waals surface area contributed by atoms with Crippen molar-refractivity contribution in [3.8, 4) is 11.5 Å². The lowest BCUT2D eigenvalue weighted by Gasteiger charge is -2.30. The molecular formula is C12H22O3Si. The van der Waals surface area contributed by atoms with Crippen molar-refractivity contribution in [2.24, 2.45) is 0 Å². The van der Waals surface area contributed by atoms with Gasteiger partial charge in [0.2, 0.25) is 0 Å². The molecule has 0 aliphatic carbocycles. The maximum absolute atomic E-state index is 9.51.